The monoisotopic (exact) mass is 363 g/mol. The maximum absolute atomic E-state index is 12.5. The van der Waals surface area contributed by atoms with Crippen molar-refractivity contribution in [2.24, 2.45) is 7.05 Å². The van der Waals surface area contributed by atoms with Gasteiger partial charge in [0.2, 0.25) is 0 Å². The second-order valence-corrected chi connectivity index (χ2v) is 6.95. The molecule has 0 aliphatic rings. The maximum Gasteiger partial charge on any atom is 0.534 e. The molecule has 0 saturated carbocycles. The van der Waals surface area contributed by atoms with E-state index >= 15 is 0 Å². The first-order valence-electron chi connectivity index (χ1n) is 6.04. The average molecular weight is 363 g/mol. The maximum atomic E-state index is 12.5. The van der Waals surface area contributed by atoms with E-state index in [1.807, 2.05) is 0 Å². The summed E-state index contributed by atoms with van der Waals surface area (Å²) < 4.78 is 66.1. The molecule has 0 amide bonds. The largest absolute Gasteiger partial charge is 0.534 e. The van der Waals surface area contributed by atoms with E-state index in [1.54, 1.807) is 19.3 Å². The Kier molecular flexibility index (Phi) is 3.56. The van der Waals surface area contributed by atoms with Gasteiger partial charge in [-0.2, -0.15) is 26.7 Å². The first-order valence-corrected chi connectivity index (χ1v) is 8.33. The van der Waals surface area contributed by atoms with Gasteiger partial charge in [-0.3, -0.25) is 4.68 Å². The molecule has 6 nitrogen and oxygen atoms in total. The van der Waals surface area contributed by atoms with Crippen LogP contribution in [0.5, 0.6) is 5.75 Å². The van der Waals surface area contributed by atoms with Crippen LogP contribution in [0.3, 0.4) is 0 Å². The fourth-order valence-electron chi connectivity index (χ4n) is 1.90. The SMILES string of the molecule is Cn1cc(-c2cc(OS(=O)(=O)C(F)(F)F)c3scnc3c2)cn1. The van der Waals surface area contributed by atoms with Crippen molar-refractivity contribution in [3.05, 3.63) is 30.0 Å². The van der Waals surface area contributed by atoms with Crippen molar-refractivity contribution in [1.29, 1.82) is 0 Å². The molecule has 2 aromatic heterocycles. The van der Waals surface area contributed by atoms with Gasteiger partial charge in [0.1, 0.15) is 0 Å². The highest BCUT2D eigenvalue weighted by molar-refractivity contribution is 7.88. The molecule has 23 heavy (non-hydrogen) atoms. The van der Waals surface area contributed by atoms with Gasteiger partial charge in [-0.15, -0.1) is 11.3 Å². The van der Waals surface area contributed by atoms with E-state index in [0.29, 0.717) is 16.6 Å². The number of hydrogen-bond donors (Lipinski definition) is 0. The number of aromatic nitrogens is 3. The molecule has 0 atom stereocenters. The molecule has 0 fully saturated rings. The van der Waals surface area contributed by atoms with Gasteiger partial charge in [0, 0.05) is 18.8 Å². The number of aryl methyl sites for hydroxylation is 1. The highest BCUT2D eigenvalue weighted by Crippen LogP contribution is 2.37. The molecule has 0 N–H and O–H groups in total. The van der Waals surface area contributed by atoms with Crippen LogP contribution in [-0.4, -0.2) is 28.7 Å². The van der Waals surface area contributed by atoms with Gasteiger partial charge in [-0.25, -0.2) is 4.98 Å². The van der Waals surface area contributed by atoms with Gasteiger partial charge in [0.05, 0.1) is 21.9 Å². The molecule has 0 aliphatic heterocycles. The van der Waals surface area contributed by atoms with Crippen LogP contribution in [0.4, 0.5) is 13.2 Å². The van der Waals surface area contributed by atoms with E-state index in [1.165, 1.54) is 22.5 Å². The Balaban J connectivity index is 2.14. The van der Waals surface area contributed by atoms with Crippen LogP contribution in [0.1, 0.15) is 0 Å². The summed E-state index contributed by atoms with van der Waals surface area (Å²) in [7, 11) is -4.08. The number of fused-ring (bicyclic) bond motifs is 1. The van der Waals surface area contributed by atoms with Crippen LogP contribution >= 0.6 is 11.3 Å². The molecule has 0 aliphatic carbocycles. The van der Waals surface area contributed by atoms with E-state index < -0.39 is 21.4 Å². The zero-order chi connectivity index (χ0) is 16.8. The molecule has 0 saturated heterocycles. The lowest BCUT2D eigenvalue weighted by molar-refractivity contribution is -0.0499. The van der Waals surface area contributed by atoms with Crippen molar-refractivity contribution in [3.8, 4) is 16.9 Å². The van der Waals surface area contributed by atoms with Crippen molar-refractivity contribution in [3.63, 3.8) is 0 Å². The first-order chi connectivity index (χ1) is 10.7. The number of rotatable bonds is 3. The number of halogens is 3. The molecule has 0 bridgehead atoms. The normalized spacial score (nSPS) is 12.7. The third-order valence-electron chi connectivity index (χ3n) is 2.92. The predicted molar refractivity (Wildman–Crippen MR) is 77.4 cm³/mol. The van der Waals surface area contributed by atoms with Crippen LogP contribution in [0, 0.1) is 0 Å². The predicted octanol–water partition coefficient (Wildman–Crippen LogP) is 2.93. The molecule has 11 heteroatoms. The van der Waals surface area contributed by atoms with Gasteiger partial charge in [0.15, 0.2) is 5.75 Å². The van der Waals surface area contributed by atoms with Crippen molar-refractivity contribution >= 4 is 31.7 Å². The third kappa shape index (κ3) is 2.88. The quantitative estimate of drug-likeness (QED) is 0.528. The van der Waals surface area contributed by atoms with Crippen molar-refractivity contribution in [2.45, 2.75) is 5.51 Å². The summed E-state index contributed by atoms with van der Waals surface area (Å²) in [6.45, 7) is 0. The van der Waals surface area contributed by atoms with Crippen LogP contribution in [0.15, 0.2) is 30.0 Å². The number of alkyl halides is 3. The van der Waals surface area contributed by atoms with E-state index in [9.17, 15) is 21.6 Å². The molecule has 3 aromatic rings. The Hall–Kier alpha value is -2.14. The van der Waals surface area contributed by atoms with Crippen molar-refractivity contribution in [2.75, 3.05) is 0 Å². The molecule has 1 aromatic carbocycles. The third-order valence-corrected chi connectivity index (χ3v) is 4.74. The van der Waals surface area contributed by atoms with Gasteiger partial charge >= 0.3 is 15.6 Å². The number of nitrogens with zero attached hydrogens (tertiary/aromatic N) is 3. The van der Waals surface area contributed by atoms with E-state index in [4.69, 9.17) is 0 Å². The van der Waals surface area contributed by atoms with E-state index in [2.05, 4.69) is 14.3 Å². The Bertz CT molecular complexity index is 976. The minimum absolute atomic E-state index is 0.213. The molecular weight excluding hydrogens is 355 g/mol. The minimum atomic E-state index is -5.76. The van der Waals surface area contributed by atoms with Gasteiger partial charge < -0.3 is 4.18 Å². The van der Waals surface area contributed by atoms with Gasteiger partial charge in [-0.05, 0) is 17.7 Å². The molecule has 2 heterocycles. The Morgan fingerprint density at radius 2 is 2.00 bits per heavy atom. The second-order valence-electron chi connectivity index (χ2n) is 4.56. The lowest BCUT2D eigenvalue weighted by Gasteiger charge is -2.11. The minimum Gasteiger partial charge on any atom is -0.374 e. The zero-order valence-corrected chi connectivity index (χ0v) is 13.0. The highest BCUT2D eigenvalue weighted by Gasteiger charge is 2.48. The molecule has 0 radical (unpaired) electrons. The van der Waals surface area contributed by atoms with Crippen LogP contribution < -0.4 is 4.18 Å². The fourth-order valence-corrected chi connectivity index (χ4v) is 3.14. The summed E-state index contributed by atoms with van der Waals surface area (Å²) in [5, 5.41) is 3.96. The van der Waals surface area contributed by atoms with Crippen LogP contribution in [0.2, 0.25) is 0 Å². The molecular formula is C12H8F3N3O3S2. The van der Waals surface area contributed by atoms with Gasteiger partial charge in [-0.1, -0.05) is 0 Å². The topological polar surface area (TPSA) is 74.1 Å². The summed E-state index contributed by atoms with van der Waals surface area (Å²) in [6.07, 6.45) is 3.13. The molecule has 0 spiro atoms. The number of benzene rings is 1. The molecule has 0 unspecified atom stereocenters. The highest BCUT2D eigenvalue weighted by atomic mass is 32.2. The number of thiazole rings is 1. The fraction of sp³-hybridized carbons (Fsp3) is 0.167. The van der Waals surface area contributed by atoms with Gasteiger partial charge in [0.25, 0.3) is 0 Å². The summed E-state index contributed by atoms with van der Waals surface area (Å²) in [5.41, 5.74) is -2.73. The molecule has 3 rings (SSSR count). The number of hydrogen-bond acceptors (Lipinski definition) is 6. The Morgan fingerprint density at radius 1 is 1.26 bits per heavy atom. The smallest absolute Gasteiger partial charge is 0.374 e. The summed E-state index contributed by atoms with van der Waals surface area (Å²) >= 11 is 0.986. The lowest BCUT2D eigenvalue weighted by Crippen LogP contribution is -2.28. The van der Waals surface area contributed by atoms with Crippen LogP contribution in [-0.2, 0) is 17.2 Å². The van der Waals surface area contributed by atoms with E-state index in [0.717, 1.165) is 11.3 Å². The average Bonchev–Trinajstić information content (AvgIpc) is 3.05. The van der Waals surface area contributed by atoms with Crippen molar-refractivity contribution in [1.82, 2.24) is 14.8 Å². The summed E-state index contributed by atoms with van der Waals surface area (Å²) in [4.78, 5) is 4.00. The molecule has 122 valence electrons. The van der Waals surface area contributed by atoms with E-state index in [-0.39, 0.29) is 4.70 Å². The Labute approximate surface area is 132 Å². The van der Waals surface area contributed by atoms with Crippen LogP contribution in [0.25, 0.3) is 21.3 Å². The standard InChI is InChI=1S/C12H8F3N3O3S2/c1-18-5-8(4-17-18)7-2-9-11(22-6-16-9)10(3-7)21-23(19,20)12(13,14)15/h2-6H,1H3. The summed E-state index contributed by atoms with van der Waals surface area (Å²) in [6, 6.07) is 2.84. The van der Waals surface area contributed by atoms with Crippen molar-refractivity contribution < 1.29 is 25.8 Å². The second kappa shape index (κ2) is 5.20. The summed E-state index contributed by atoms with van der Waals surface area (Å²) in [5.74, 6) is -0.416. The zero-order valence-electron chi connectivity index (χ0n) is 11.4. The lowest BCUT2D eigenvalue weighted by atomic mass is 10.1. The Morgan fingerprint density at radius 3 is 2.61 bits per heavy atom. The first kappa shape index (κ1) is 15.7.